The second-order valence-corrected chi connectivity index (χ2v) is 9.13. The number of nitrogens with one attached hydrogen (secondary N) is 1. The molecule has 1 atom stereocenters. The topological polar surface area (TPSA) is 84.7 Å². The third-order valence-electron chi connectivity index (χ3n) is 5.87. The molecule has 0 radical (unpaired) electrons. The minimum absolute atomic E-state index is 0.217. The first-order valence-corrected chi connectivity index (χ1v) is 11.2. The van der Waals surface area contributed by atoms with E-state index in [9.17, 15) is 4.79 Å². The van der Waals surface area contributed by atoms with E-state index in [0.717, 1.165) is 68.0 Å². The summed E-state index contributed by atoms with van der Waals surface area (Å²) in [7, 11) is 0. The van der Waals surface area contributed by atoms with Crippen molar-refractivity contribution in [3.8, 4) is 0 Å². The fourth-order valence-electron chi connectivity index (χ4n) is 4.25. The lowest BCUT2D eigenvalue weighted by Gasteiger charge is -2.26. The van der Waals surface area contributed by atoms with E-state index in [1.54, 1.807) is 22.2 Å². The van der Waals surface area contributed by atoms with Crippen molar-refractivity contribution in [2.24, 2.45) is 5.92 Å². The number of thiophene rings is 1. The van der Waals surface area contributed by atoms with Crippen molar-refractivity contribution in [3.63, 3.8) is 0 Å². The Bertz CT molecular complexity index is 1040. The number of hydrogen-bond donors (Lipinski definition) is 1. The van der Waals surface area contributed by atoms with Crippen LogP contribution in [-0.2, 0) is 17.6 Å². The second kappa shape index (κ2) is 7.97. The van der Waals surface area contributed by atoms with Gasteiger partial charge in [-0.25, -0.2) is 14.5 Å². The molecule has 0 aromatic carbocycles. The maximum atomic E-state index is 12.6. The SMILES string of the molecule is C[C@@H]1CCc2sc3ncn4nc(C(=O)NCCCN5CCOCC5)nc4c3c2C1. The van der Waals surface area contributed by atoms with Crippen LogP contribution in [-0.4, -0.2) is 69.8 Å². The van der Waals surface area contributed by atoms with Gasteiger partial charge in [-0.15, -0.1) is 16.4 Å². The van der Waals surface area contributed by atoms with Gasteiger partial charge in [-0.2, -0.15) is 0 Å². The highest BCUT2D eigenvalue weighted by Crippen LogP contribution is 2.38. The van der Waals surface area contributed by atoms with Gasteiger partial charge < -0.3 is 10.1 Å². The molecule has 1 saturated heterocycles. The number of aryl methyl sites for hydroxylation is 1. The number of morpholine rings is 1. The molecule has 9 heteroatoms. The van der Waals surface area contributed by atoms with Crippen molar-refractivity contribution >= 4 is 33.1 Å². The number of fused-ring (bicyclic) bond motifs is 5. The van der Waals surface area contributed by atoms with Crippen LogP contribution in [0.2, 0.25) is 0 Å². The molecular formula is C20H26N6O2S. The number of amides is 1. The van der Waals surface area contributed by atoms with E-state index in [4.69, 9.17) is 4.74 Å². The van der Waals surface area contributed by atoms with E-state index >= 15 is 0 Å². The van der Waals surface area contributed by atoms with Gasteiger partial charge in [0.15, 0.2) is 5.65 Å². The Kier molecular flexibility index (Phi) is 5.19. The maximum absolute atomic E-state index is 12.6. The molecule has 0 bridgehead atoms. The normalized spacial score (nSPS) is 20.2. The molecule has 3 aromatic rings. The highest BCUT2D eigenvalue weighted by molar-refractivity contribution is 7.19. The molecule has 29 heavy (non-hydrogen) atoms. The highest BCUT2D eigenvalue weighted by Gasteiger charge is 2.24. The monoisotopic (exact) mass is 414 g/mol. The van der Waals surface area contributed by atoms with E-state index in [1.807, 2.05) is 0 Å². The molecule has 8 nitrogen and oxygen atoms in total. The van der Waals surface area contributed by atoms with Crippen LogP contribution in [0.25, 0.3) is 15.9 Å². The minimum Gasteiger partial charge on any atom is -0.379 e. The lowest BCUT2D eigenvalue weighted by atomic mass is 9.89. The van der Waals surface area contributed by atoms with E-state index in [1.165, 1.54) is 16.9 Å². The van der Waals surface area contributed by atoms with Gasteiger partial charge in [0, 0.05) is 24.5 Å². The smallest absolute Gasteiger partial charge is 0.290 e. The molecule has 0 unspecified atom stereocenters. The van der Waals surface area contributed by atoms with Crippen LogP contribution in [0, 0.1) is 5.92 Å². The number of nitrogens with zero attached hydrogens (tertiary/aromatic N) is 5. The van der Waals surface area contributed by atoms with Crippen LogP contribution in [0.4, 0.5) is 0 Å². The average Bonchev–Trinajstić information content (AvgIpc) is 3.32. The number of carbonyl (C=O) groups is 1. The summed E-state index contributed by atoms with van der Waals surface area (Å²) in [6.45, 7) is 7.40. The number of ether oxygens (including phenoxy) is 1. The van der Waals surface area contributed by atoms with Crippen molar-refractivity contribution in [2.75, 3.05) is 39.4 Å². The summed E-state index contributed by atoms with van der Waals surface area (Å²) in [5.74, 6) is 0.661. The largest absolute Gasteiger partial charge is 0.379 e. The van der Waals surface area contributed by atoms with Crippen LogP contribution < -0.4 is 5.32 Å². The molecule has 1 amide bonds. The van der Waals surface area contributed by atoms with Crippen molar-refractivity contribution < 1.29 is 9.53 Å². The summed E-state index contributed by atoms with van der Waals surface area (Å²) < 4.78 is 7.01. The fourth-order valence-corrected chi connectivity index (χ4v) is 5.43. The Labute approximate surface area is 173 Å². The summed E-state index contributed by atoms with van der Waals surface area (Å²) in [4.78, 5) is 26.5. The molecule has 1 aliphatic carbocycles. The molecule has 0 saturated carbocycles. The molecular weight excluding hydrogens is 388 g/mol. The van der Waals surface area contributed by atoms with E-state index in [2.05, 4.69) is 32.2 Å². The van der Waals surface area contributed by atoms with Crippen molar-refractivity contribution in [1.29, 1.82) is 0 Å². The lowest BCUT2D eigenvalue weighted by molar-refractivity contribution is 0.0374. The van der Waals surface area contributed by atoms with Gasteiger partial charge in [-0.05, 0) is 43.7 Å². The number of aromatic nitrogens is 4. The Morgan fingerprint density at radius 1 is 1.38 bits per heavy atom. The third-order valence-corrected chi connectivity index (χ3v) is 7.07. The Hall–Kier alpha value is -2.10. The lowest BCUT2D eigenvalue weighted by Crippen LogP contribution is -2.38. The Morgan fingerprint density at radius 3 is 3.10 bits per heavy atom. The molecule has 1 aliphatic heterocycles. The summed E-state index contributed by atoms with van der Waals surface area (Å²) >= 11 is 1.76. The summed E-state index contributed by atoms with van der Waals surface area (Å²) in [5, 5.41) is 8.43. The first-order chi connectivity index (χ1) is 14.2. The Morgan fingerprint density at radius 2 is 2.24 bits per heavy atom. The van der Waals surface area contributed by atoms with Gasteiger partial charge in [0.1, 0.15) is 11.2 Å². The van der Waals surface area contributed by atoms with Crippen LogP contribution in [0.15, 0.2) is 6.33 Å². The summed E-state index contributed by atoms with van der Waals surface area (Å²) in [6.07, 6.45) is 5.95. The van der Waals surface area contributed by atoms with Crippen LogP contribution in [0.3, 0.4) is 0 Å². The van der Waals surface area contributed by atoms with E-state index in [-0.39, 0.29) is 11.7 Å². The molecule has 3 aromatic heterocycles. The van der Waals surface area contributed by atoms with Crippen LogP contribution in [0.1, 0.15) is 40.8 Å². The van der Waals surface area contributed by atoms with Gasteiger partial charge >= 0.3 is 0 Å². The second-order valence-electron chi connectivity index (χ2n) is 8.04. The molecule has 1 fully saturated rings. The van der Waals surface area contributed by atoms with Gasteiger partial charge in [-0.3, -0.25) is 9.69 Å². The first kappa shape index (κ1) is 18.9. The summed E-state index contributed by atoms with van der Waals surface area (Å²) in [5.41, 5.74) is 2.10. The summed E-state index contributed by atoms with van der Waals surface area (Å²) in [6, 6.07) is 0. The van der Waals surface area contributed by atoms with Crippen molar-refractivity contribution in [3.05, 3.63) is 22.6 Å². The van der Waals surface area contributed by atoms with Crippen molar-refractivity contribution in [1.82, 2.24) is 29.8 Å². The molecule has 4 heterocycles. The standard InChI is InChI=1S/C20H26N6O2S/c1-13-3-4-15-14(11-13)16-18-23-17(24-26(18)12-22-20(16)29-15)19(27)21-5-2-6-25-7-9-28-10-8-25/h12-13H,2-11H2,1H3,(H,21,27)/t13-/m1/s1. The maximum Gasteiger partial charge on any atom is 0.290 e. The zero-order valence-electron chi connectivity index (χ0n) is 16.7. The van der Waals surface area contributed by atoms with Gasteiger partial charge in [-0.1, -0.05) is 6.92 Å². The zero-order chi connectivity index (χ0) is 19.8. The van der Waals surface area contributed by atoms with Gasteiger partial charge in [0.05, 0.1) is 18.6 Å². The Balaban J connectivity index is 1.31. The first-order valence-electron chi connectivity index (χ1n) is 10.4. The molecule has 1 N–H and O–H groups in total. The van der Waals surface area contributed by atoms with Crippen LogP contribution >= 0.6 is 11.3 Å². The van der Waals surface area contributed by atoms with E-state index in [0.29, 0.717) is 12.5 Å². The number of hydrogen-bond acceptors (Lipinski definition) is 7. The molecule has 154 valence electrons. The molecule has 5 rings (SSSR count). The highest BCUT2D eigenvalue weighted by atomic mass is 32.1. The quantitative estimate of drug-likeness (QED) is 0.642. The number of carbonyl (C=O) groups excluding carboxylic acids is 1. The van der Waals surface area contributed by atoms with Crippen molar-refractivity contribution in [2.45, 2.75) is 32.6 Å². The minimum atomic E-state index is -0.221. The van der Waals surface area contributed by atoms with E-state index < -0.39 is 0 Å². The van der Waals surface area contributed by atoms with Crippen LogP contribution in [0.5, 0.6) is 0 Å². The van der Waals surface area contributed by atoms with Gasteiger partial charge in [0.2, 0.25) is 5.82 Å². The predicted octanol–water partition coefficient (Wildman–Crippen LogP) is 1.92. The molecule has 2 aliphatic rings. The zero-order valence-corrected chi connectivity index (χ0v) is 17.5. The number of rotatable bonds is 5. The third kappa shape index (κ3) is 3.74. The molecule has 0 spiro atoms. The fraction of sp³-hybridized carbons (Fsp3) is 0.600. The van der Waals surface area contributed by atoms with Gasteiger partial charge in [0.25, 0.3) is 5.91 Å². The average molecular weight is 415 g/mol. The predicted molar refractivity (Wildman–Crippen MR) is 112 cm³/mol.